The van der Waals surface area contributed by atoms with Crippen LogP contribution in [0.3, 0.4) is 0 Å². The van der Waals surface area contributed by atoms with Gasteiger partial charge in [-0.3, -0.25) is 0 Å². The third-order valence-corrected chi connectivity index (χ3v) is 4.49. The van der Waals surface area contributed by atoms with Crippen molar-refractivity contribution in [1.82, 2.24) is 5.32 Å². The SMILES string of the molecule is CCCCCCCCCC(Cc1cccs1)NC. The molecule has 0 aliphatic rings. The van der Waals surface area contributed by atoms with Crippen LogP contribution in [0, 0.1) is 0 Å². The highest BCUT2D eigenvalue weighted by Crippen LogP contribution is 2.15. The first-order valence-corrected chi connectivity index (χ1v) is 8.44. The van der Waals surface area contributed by atoms with E-state index in [1.165, 1.54) is 62.7 Å². The summed E-state index contributed by atoms with van der Waals surface area (Å²) in [6.45, 7) is 2.28. The van der Waals surface area contributed by atoms with Crippen LogP contribution in [0.25, 0.3) is 0 Å². The molecule has 2 heteroatoms. The lowest BCUT2D eigenvalue weighted by atomic mass is 10.0. The van der Waals surface area contributed by atoms with Crippen LogP contribution < -0.4 is 5.32 Å². The molecule has 1 heterocycles. The smallest absolute Gasteiger partial charge is 0.0112 e. The number of thiophene rings is 1. The minimum atomic E-state index is 0.666. The van der Waals surface area contributed by atoms with Gasteiger partial charge in [0.25, 0.3) is 0 Å². The zero-order valence-corrected chi connectivity index (χ0v) is 12.9. The largest absolute Gasteiger partial charge is 0.317 e. The van der Waals surface area contributed by atoms with Gasteiger partial charge < -0.3 is 5.32 Å². The van der Waals surface area contributed by atoms with Crippen molar-refractivity contribution in [2.45, 2.75) is 70.8 Å². The molecule has 104 valence electrons. The molecule has 0 aliphatic heterocycles. The molecule has 1 atom stereocenters. The Balaban J connectivity index is 2.01. The maximum absolute atomic E-state index is 3.46. The Labute approximate surface area is 117 Å². The molecule has 1 rings (SSSR count). The number of rotatable bonds is 11. The Morgan fingerprint density at radius 1 is 1.11 bits per heavy atom. The van der Waals surface area contributed by atoms with Crippen molar-refractivity contribution in [3.05, 3.63) is 22.4 Å². The molecule has 1 aromatic rings. The molecule has 0 aliphatic carbocycles. The predicted octanol–water partition coefficient (Wildman–Crippen LogP) is 5.02. The standard InChI is InChI=1S/C16H29NS/c1-3-4-5-6-7-8-9-11-15(17-2)14-16-12-10-13-18-16/h10,12-13,15,17H,3-9,11,14H2,1-2H3. The normalized spacial score (nSPS) is 12.8. The van der Waals surface area contributed by atoms with E-state index in [2.05, 4.69) is 36.8 Å². The Morgan fingerprint density at radius 2 is 1.83 bits per heavy atom. The second kappa shape index (κ2) is 10.6. The van der Waals surface area contributed by atoms with Gasteiger partial charge in [0.2, 0.25) is 0 Å². The molecule has 0 fully saturated rings. The van der Waals surface area contributed by atoms with Crippen LogP contribution in [-0.2, 0) is 6.42 Å². The van der Waals surface area contributed by atoms with E-state index in [4.69, 9.17) is 0 Å². The molecule has 0 amide bonds. The van der Waals surface area contributed by atoms with E-state index in [0.29, 0.717) is 6.04 Å². The molecule has 18 heavy (non-hydrogen) atoms. The van der Waals surface area contributed by atoms with E-state index in [-0.39, 0.29) is 0 Å². The minimum absolute atomic E-state index is 0.666. The van der Waals surface area contributed by atoms with Crippen LogP contribution >= 0.6 is 11.3 Å². The number of hydrogen-bond acceptors (Lipinski definition) is 2. The topological polar surface area (TPSA) is 12.0 Å². The van der Waals surface area contributed by atoms with Crippen LogP contribution in [0.2, 0.25) is 0 Å². The van der Waals surface area contributed by atoms with Gasteiger partial charge in [0.15, 0.2) is 0 Å². The summed E-state index contributed by atoms with van der Waals surface area (Å²) >= 11 is 1.88. The molecule has 0 radical (unpaired) electrons. The van der Waals surface area contributed by atoms with Crippen LogP contribution in [0.15, 0.2) is 17.5 Å². The van der Waals surface area contributed by atoms with Crippen molar-refractivity contribution in [3.63, 3.8) is 0 Å². The quantitative estimate of drug-likeness (QED) is 0.555. The second-order valence-corrected chi connectivity index (χ2v) is 6.21. The van der Waals surface area contributed by atoms with Crippen molar-refractivity contribution < 1.29 is 0 Å². The van der Waals surface area contributed by atoms with Gasteiger partial charge in [-0.2, -0.15) is 0 Å². The van der Waals surface area contributed by atoms with Gasteiger partial charge in [0, 0.05) is 10.9 Å². The van der Waals surface area contributed by atoms with Gasteiger partial charge in [-0.1, -0.05) is 57.9 Å². The molecule has 0 saturated heterocycles. The van der Waals surface area contributed by atoms with Crippen molar-refractivity contribution in [1.29, 1.82) is 0 Å². The summed E-state index contributed by atoms with van der Waals surface area (Å²) in [6, 6.07) is 5.07. The second-order valence-electron chi connectivity index (χ2n) is 5.18. The predicted molar refractivity (Wildman–Crippen MR) is 83.5 cm³/mol. The zero-order valence-electron chi connectivity index (χ0n) is 12.1. The summed E-state index contributed by atoms with van der Waals surface area (Å²) in [6.07, 6.45) is 12.4. The van der Waals surface area contributed by atoms with Crippen LogP contribution in [0.1, 0.15) is 63.2 Å². The monoisotopic (exact) mass is 267 g/mol. The number of unbranched alkanes of at least 4 members (excludes halogenated alkanes) is 6. The fourth-order valence-corrected chi connectivity index (χ4v) is 3.15. The highest BCUT2D eigenvalue weighted by Gasteiger charge is 2.07. The summed E-state index contributed by atoms with van der Waals surface area (Å²) in [5.41, 5.74) is 0. The average molecular weight is 267 g/mol. The highest BCUT2D eigenvalue weighted by atomic mass is 32.1. The Kier molecular flexibility index (Phi) is 9.23. The molecule has 0 saturated carbocycles. The van der Waals surface area contributed by atoms with Crippen molar-refractivity contribution >= 4 is 11.3 Å². The summed E-state index contributed by atoms with van der Waals surface area (Å²) in [4.78, 5) is 1.51. The van der Waals surface area contributed by atoms with E-state index in [0.717, 1.165) is 0 Å². The van der Waals surface area contributed by atoms with E-state index in [1.54, 1.807) is 0 Å². The summed E-state index contributed by atoms with van der Waals surface area (Å²) in [7, 11) is 2.10. The number of hydrogen-bond donors (Lipinski definition) is 1. The minimum Gasteiger partial charge on any atom is -0.317 e. The van der Waals surface area contributed by atoms with E-state index in [9.17, 15) is 0 Å². The lowest BCUT2D eigenvalue weighted by molar-refractivity contribution is 0.480. The van der Waals surface area contributed by atoms with E-state index in [1.807, 2.05) is 11.3 Å². The fourth-order valence-electron chi connectivity index (χ4n) is 2.37. The molecule has 0 spiro atoms. The Morgan fingerprint density at radius 3 is 2.44 bits per heavy atom. The van der Waals surface area contributed by atoms with Crippen LogP contribution in [-0.4, -0.2) is 13.1 Å². The average Bonchev–Trinajstić information content (AvgIpc) is 2.89. The Bertz CT molecular complexity index is 269. The molecular formula is C16H29NS. The van der Waals surface area contributed by atoms with Gasteiger partial charge in [-0.25, -0.2) is 0 Å². The van der Waals surface area contributed by atoms with E-state index >= 15 is 0 Å². The summed E-state index contributed by atoms with van der Waals surface area (Å²) in [5, 5.41) is 5.63. The first kappa shape index (κ1) is 15.7. The van der Waals surface area contributed by atoms with Crippen molar-refractivity contribution in [3.8, 4) is 0 Å². The summed E-state index contributed by atoms with van der Waals surface area (Å²) in [5.74, 6) is 0. The molecule has 1 unspecified atom stereocenters. The van der Waals surface area contributed by atoms with Gasteiger partial charge in [0.05, 0.1) is 0 Å². The molecule has 1 nitrogen and oxygen atoms in total. The Hall–Kier alpha value is -0.340. The van der Waals surface area contributed by atoms with Crippen LogP contribution in [0.5, 0.6) is 0 Å². The maximum atomic E-state index is 3.46. The summed E-state index contributed by atoms with van der Waals surface area (Å²) < 4.78 is 0. The third kappa shape index (κ3) is 7.17. The fraction of sp³-hybridized carbons (Fsp3) is 0.750. The van der Waals surface area contributed by atoms with E-state index < -0.39 is 0 Å². The van der Waals surface area contributed by atoms with Crippen molar-refractivity contribution in [2.75, 3.05) is 7.05 Å². The zero-order chi connectivity index (χ0) is 13.1. The van der Waals surface area contributed by atoms with Gasteiger partial charge >= 0.3 is 0 Å². The first-order valence-electron chi connectivity index (χ1n) is 7.56. The third-order valence-electron chi connectivity index (χ3n) is 3.59. The lowest BCUT2D eigenvalue weighted by Gasteiger charge is -2.15. The highest BCUT2D eigenvalue weighted by molar-refractivity contribution is 7.09. The number of likely N-dealkylation sites (N-methyl/N-ethyl adjacent to an activating group) is 1. The lowest BCUT2D eigenvalue weighted by Crippen LogP contribution is -2.27. The molecule has 1 N–H and O–H groups in total. The van der Waals surface area contributed by atoms with Crippen LogP contribution in [0.4, 0.5) is 0 Å². The molecule has 1 aromatic heterocycles. The molecule has 0 bridgehead atoms. The molecule has 0 aromatic carbocycles. The van der Waals surface area contributed by atoms with Gasteiger partial charge in [0.1, 0.15) is 0 Å². The van der Waals surface area contributed by atoms with Gasteiger partial charge in [-0.15, -0.1) is 11.3 Å². The van der Waals surface area contributed by atoms with Gasteiger partial charge in [-0.05, 0) is 31.3 Å². The number of nitrogens with one attached hydrogen (secondary N) is 1. The first-order chi connectivity index (χ1) is 8.86. The van der Waals surface area contributed by atoms with Crippen molar-refractivity contribution in [2.24, 2.45) is 0 Å². The molecular weight excluding hydrogens is 238 g/mol. The maximum Gasteiger partial charge on any atom is 0.0112 e.